The molecule has 29 heavy (non-hydrogen) atoms. The molecule has 0 aliphatic heterocycles. The van der Waals surface area contributed by atoms with Crippen molar-refractivity contribution >= 4 is 39.9 Å². The minimum absolute atomic E-state index is 0.167. The fraction of sp³-hybridized carbons (Fsp3) is 0.211. The standard InChI is InChI=1S/C19H18N4O5S/c1-11(17(24)20-15-10-12(23(26)27)8-9-16(15)28-3)29-19-21-14-7-5-4-6-13(14)18(25)22(19)2/h4-11H,1-3H3,(H,20,24)/t11-/m1/s1. The Morgan fingerprint density at radius 3 is 2.72 bits per heavy atom. The molecule has 0 fully saturated rings. The molecule has 1 N–H and O–H groups in total. The number of nitro groups is 1. The smallest absolute Gasteiger partial charge is 0.271 e. The lowest BCUT2D eigenvalue weighted by molar-refractivity contribution is -0.384. The van der Waals surface area contributed by atoms with Crippen LogP contribution in [-0.2, 0) is 11.8 Å². The maximum Gasteiger partial charge on any atom is 0.271 e. The molecule has 1 amide bonds. The maximum absolute atomic E-state index is 12.7. The Balaban J connectivity index is 1.84. The molecule has 3 rings (SSSR count). The molecule has 1 aromatic heterocycles. The molecule has 150 valence electrons. The first-order chi connectivity index (χ1) is 13.8. The van der Waals surface area contributed by atoms with Gasteiger partial charge in [0.25, 0.3) is 11.2 Å². The van der Waals surface area contributed by atoms with Crippen molar-refractivity contribution in [3.63, 3.8) is 0 Å². The van der Waals surface area contributed by atoms with Crippen LogP contribution in [0, 0.1) is 10.1 Å². The highest BCUT2D eigenvalue weighted by Gasteiger charge is 2.21. The molecule has 2 aromatic carbocycles. The Morgan fingerprint density at radius 2 is 2.03 bits per heavy atom. The van der Waals surface area contributed by atoms with Gasteiger partial charge in [-0.05, 0) is 25.1 Å². The summed E-state index contributed by atoms with van der Waals surface area (Å²) in [5.41, 5.74) is 0.372. The summed E-state index contributed by atoms with van der Waals surface area (Å²) in [7, 11) is 3.00. The fourth-order valence-electron chi connectivity index (χ4n) is 2.66. The average molecular weight is 414 g/mol. The number of hydrogen-bond donors (Lipinski definition) is 1. The highest BCUT2D eigenvalue weighted by molar-refractivity contribution is 8.00. The van der Waals surface area contributed by atoms with Crippen LogP contribution in [0.1, 0.15) is 6.92 Å². The number of para-hydroxylation sites is 1. The summed E-state index contributed by atoms with van der Waals surface area (Å²) in [5, 5.41) is 13.9. The van der Waals surface area contributed by atoms with Crippen LogP contribution in [-0.4, -0.2) is 32.7 Å². The van der Waals surface area contributed by atoms with Gasteiger partial charge in [-0.15, -0.1) is 0 Å². The number of carbonyl (C=O) groups is 1. The first-order valence-corrected chi connectivity index (χ1v) is 9.45. The SMILES string of the molecule is COc1ccc([N+](=O)[O-])cc1NC(=O)[C@@H](C)Sc1nc2ccccc2c(=O)n1C. The number of aromatic nitrogens is 2. The van der Waals surface area contributed by atoms with E-state index in [1.807, 2.05) is 0 Å². The Hall–Kier alpha value is -3.40. The number of anilines is 1. The lowest BCUT2D eigenvalue weighted by Gasteiger charge is -2.15. The van der Waals surface area contributed by atoms with Crippen LogP contribution in [0.15, 0.2) is 52.4 Å². The molecule has 0 aliphatic rings. The van der Waals surface area contributed by atoms with Crippen molar-refractivity contribution < 1.29 is 14.5 Å². The van der Waals surface area contributed by atoms with E-state index in [1.165, 1.54) is 29.9 Å². The third-order valence-corrected chi connectivity index (χ3v) is 5.39. The molecule has 1 heterocycles. The van der Waals surface area contributed by atoms with Crippen molar-refractivity contribution in [1.29, 1.82) is 0 Å². The summed E-state index contributed by atoms with van der Waals surface area (Å²) in [6, 6.07) is 10.9. The van der Waals surface area contributed by atoms with E-state index in [9.17, 15) is 19.7 Å². The molecule has 0 spiro atoms. The quantitative estimate of drug-likeness (QED) is 0.285. The fourth-order valence-corrected chi connectivity index (χ4v) is 3.53. The number of ether oxygens (including phenoxy) is 1. The third kappa shape index (κ3) is 4.21. The summed E-state index contributed by atoms with van der Waals surface area (Å²) in [6.45, 7) is 1.66. The Kier molecular flexibility index (Phi) is 5.83. The van der Waals surface area contributed by atoms with Crippen LogP contribution in [0.2, 0.25) is 0 Å². The second-order valence-electron chi connectivity index (χ2n) is 6.17. The number of hydrogen-bond acceptors (Lipinski definition) is 7. The molecule has 0 radical (unpaired) electrons. The van der Waals surface area contributed by atoms with E-state index in [0.717, 1.165) is 11.8 Å². The van der Waals surface area contributed by atoms with E-state index in [1.54, 1.807) is 38.2 Å². The summed E-state index contributed by atoms with van der Waals surface area (Å²) in [4.78, 5) is 40.1. The molecule has 0 aliphatic carbocycles. The molecule has 1 atom stereocenters. The number of carbonyl (C=O) groups excluding carboxylic acids is 1. The highest BCUT2D eigenvalue weighted by atomic mass is 32.2. The zero-order chi connectivity index (χ0) is 21.1. The van der Waals surface area contributed by atoms with Gasteiger partial charge in [-0.2, -0.15) is 0 Å². The lowest BCUT2D eigenvalue weighted by atomic mass is 10.2. The molecule has 0 saturated heterocycles. The number of thioether (sulfide) groups is 1. The number of nitro benzene ring substituents is 1. The Labute approximate surface area is 169 Å². The van der Waals surface area contributed by atoms with Crippen molar-refractivity contribution in [2.45, 2.75) is 17.3 Å². The van der Waals surface area contributed by atoms with Crippen molar-refractivity contribution in [3.8, 4) is 5.75 Å². The van der Waals surface area contributed by atoms with Gasteiger partial charge >= 0.3 is 0 Å². The number of methoxy groups -OCH3 is 1. The number of non-ortho nitro benzene ring substituents is 1. The van der Waals surface area contributed by atoms with E-state index in [0.29, 0.717) is 21.8 Å². The predicted molar refractivity (Wildman–Crippen MR) is 111 cm³/mol. The molecule has 0 saturated carbocycles. The van der Waals surface area contributed by atoms with Gasteiger partial charge in [0.2, 0.25) is 5.91 Å². The summed E-state index contributed by atoms with van der Waals surface area (Å²) in [5.74, 6) is -0.103. The van der Waals surface area contributed by atoms with Gasteiger partial charge in [-0.3, -0.25) is 24.3 Å². The molecule has 9 nitrogen and oxygen atoms in total. The van der Waals surface area contributed by atoms with E-state index in [2.05, 4.69) is 10.3 Å². The van der Waals surface area contributed by atoms with Crippen LogP contribution in [0.25, 0.3) is 10.9 Å². The molecule has 0 bridgehead atoms. The second kappa shape index (κ2) is 8.31. The molecule has 3 aromatic rings. The van der Waals surface area contributed by atoms with Crippen LogP contribution in [0.5, 0.6) is 5.75 Å². The minimum atomic E-state index is -0.627. The van der Waals surface area contributed by atoms with Gasteiger partial charge in [-0.25, -0.2) is 4.98 Å². The third-order valence-electron chi connectivity index (χ3n) is 4.25. The molecule has 0 unspecified atom stereocenters. The van der Waals surface area contributed by atoms with E-state index >= 15 is 0 Å². The van der Waals surface area contributed by atoms with Crippen LogP contribution in [0.3, 0.4) is 0 Å². The maximum atomic E-state index is 12.7. The normalized spacial score (nSPS) is 11.8. The van der Waals surface area contributed by atoms with E-state index in [-0.39, 0.29) is 16.9 Å². The van der Waals surface area contributed by atoms with Gasteiger partial charge < -0.3 is 10.1 Å². The van der Waals surface area contributed by atoms with Gasteiger partial charge in [0.15, 0.2) is 5.16 Å². The highest BCUT2D eigenvalue weighted by Crippen LogP contribution is 2.30. The van der Waals surface area contributed by atoms with Gasteiger partial charge in [0, 0.05) is 19.2 Å². The second-order valence-corrected chi connectivity index (χ2v) is 7.47. The monoisotopic (exact) mass is 414 g/mol. The van der Waals surface area contributed by atoms with Gasteiger partial charge in [0.05, 0.1) is 33.9 Å². The van der Waals surface area contributed by atoms with Crippen molar-refractivity contribution in [2.24, 2.45) is 7.05 Å². The van der Waals surface area contributed by atoms with Crippen molar-refractivity contribution in [3.05, 3.63) is 62.9 Å². The summed E-state index contributed by atoms with van der Waals surface area (Å²) >= 11 is 1.12. The predicted octanol–water partition coefficient (Wildman–Crippen LogP) is 2.97. The van der Waals surface area contributed by atoms with Gasteiger partial charge in [-0.1, -0.05) is 23.9 Å². The van der Waals surface area contributed by atoms with Crippen LogP contribution < -0.4 is 15.6 Å². The lowest BCUT2D eigenvalue weighted by Crippen LogP contribution is -2.25. The zero-order valence-electron chi connectivity index (χ0n) is 15.9. The zero-order valence-corrected chi connectivity index (χ0v) is 16.7. The Morgan fingerprint density at radius 1 is 1.31 bits per heavy atom. The van der Waals surface area contributed by atoms with Crippen LogP contribution >= 0.6 is 11.8 Å². The number of nitrogens with one attached hydrogen (secondary N) is 1. The number of rotatable bonds is 6. The molecular formula is C19H18N4O5S. The summed E-state index contributed by atoms with van der Waals surface area (Å²) in [6.07, 6.45) is 0. The average Bonchev–Trinajstić information content (AvgIpc) is 2.71. The van der Waals surface area contributed by atoms with Gasteiger partial charge in [0.1, 0.15) is 5.75 Å². The van der Waals surface area contributed by atoms with Crippen molar-refractivity contribution in [1.82, 2.24) is 9.55 Å². The number of amides is 1. The number of fused-ring (bicyclic) bond motifs is 1. The molecular weight excluding hydrogens is 396 g/mol. The van der Waals surface area contributed by atoms with E-state index in [4.69, 9.17) is 4.74 Å². The molecule has 10 heteroatoms. The largest absolute Gasteiger partial charge is 0.495 e. The first kappa shape index (κ1) is 20.3. The first-order valence-electron chi connectivity index (χ1n) is 8.57. The summed E-state index contributed by atoms with van der Waals surface area (Å²) < 4.78 is 6.55. The van der Waals surface area contributed by atoms with E-state index < -0.39 is 16.1 Å². The topological polar surface area (TPSA) is 116 Å². The van der Waals surface area contributed by atoms with Crippen molar-refractivity contribution in [2.75, 3.05) is 12.4 Å². The van der Waals surface area contributed by atoms with Crippen LogP contribution in [0.4, 0.5) is 11.4 Å². The Bertz CT molecular complexity index is 1160. The number of nitrogens with zero attached hydrogens (tertiary/aromatic N) is 3. The minimum Gasteiger partial charge on any atom is -0.495 e. The number of benzene rings is 2.